The van der Waals surface area contributed by atoms with Gasteiger partial charge >= 0.3 is 0 Å². The zero-order chi connectivity index (χ0) is 13.8. The summed E-state index contributed by atoms with van der Waals surface area (Å²) in [6.07, 6.45) is 5.20. The molecule has 1 heterocycles. The third-order valence-corrected chi connectivity index (χ3v) is 4.37. The maximum absolute atomic E-state index is 12.0. The Kier molecular flexibility index (Phi) is 4.80. The molecule has 0 spiro atoms. The topological polar surface area (TPSA) is 75.4 Å². The van der Waals surface area contributed by atoms with Gasteiger partial charge in [-0.15, -0.1) is 0 Å². The molecule has 3 N–H and O–H groups in total. The van der Waals surface area contributed by atoms with Crippen LogP contribution in [0.25, 0.3) is 0 Å². The van der Waals surface area contributed by atoms with E-state index >= 15 is 0 Å². The van der Waals surface area contributed by atoms with E-state index in [1.807, 2.05) is 11.8 Å². The molecule has 5 heteroatoms. The van der Waals surface area contributed by atoms with Gasteiger partial charge < -0.3 is 16.0 Å². The first-order valence-electron chi connectivity index (χ1n) is 7.43. The normalized spacial score (nSPS) is 30.6. The minimum Gasteiger partial charge on any atom is -0.352 e. The van der Waals surface area contributed by atoms with Crippen LogP contribution < -0.4 is 11.1 Å². The molecule has 3 atom stereocenters. The van der Waals surface area contributed by atoms with Gasteiger partial charge in [-0.3, -0.25) is 9.59 Å². The molecular weight excluding hydrogens is 242 g/mol. The first kappa shape index (κ1) is 14.3. The molecule has 2 amide bonds. The maximum atomic E-state index is 12.0. The Morgan fingerprint density at radius 2 is 2.11 bits per heavy atom. The maximum Gasteiger partial charge on any atom is 0.222 e. The van der Waals surface area contributed by atoms with Crippen molar-refractivity contribution in [1.82, 2.24) is 10.2 Å². The minimum atomic E-state index is 0.0955. The molecule has 1 saturated carbocycles. The number of hydrogen-bond acceptors (Lipinski definition) is 3. The molecule has 1 aliphatic heterocycles. The molecule has 1 unspecified atom stereocenters. The van der Waals surface area contributed by atoms with Crippen LogP contribution in [0.2, 0.25) is 0 Å². The second-order valence-electron chi connectivity index (χ2n) is 5.81. The third-order valence-electron chi connectivity index (χ3n) is 4.37. The Balaban J connectivity index is 1.73. The lowest BCUT2D eigenvalue weighted by Gasteiger charge is -2.18. The predicted octanol–water partition coefficient (Wildman–Crippen LogP) is 0.631. The van der Waals surface area contributed by atoms with E-state index in [9.17, 15) is 9.59 Å². The summed E-state index contributed by atoms with van der Waals surface area (Å²) < 4.78 is 0. The van der Waals surface area contributed by atoms with E-state index in [1.54, 1.807) is 0 Å². The lowest BCUT2D eigenvalue weighted by Crippen LogP contribution is -2.40. The summed E-state index contributed by atoms with van der Waals surface area (Å²) in [6, 6.07) is 0.313. The molecule has 0 aromatic rings. The standard InChI is InChI=1S/C14H25N3O2/c1-2-14(19)17-7-6-11(9-17)16-13(18)8-10-4-3-5-12(10)15/h10-12H,2-9,15H2,1H3,(H,16,18)/t10-,11?,12+/m0/s1. The lowest BCUT2D eigenvalue weighted by atomic mass is 9.99. The number of rotatable bonds is 4. The molecule has 19 heavy (non-hydrogen) atoms. The highest BCUT2D eigenvalue weighted by atomic mass is 16.2. The van der Waals surface area contributed by atoms with E-state index in [0.717, 1.165) is 32.2 Å². The van der Waals surface area contributed by atoms with Gasteiger partial charge in [-0.2, -0.15) is 0 Å². The van der Waals surface area contributed by atoms with Gasteiger partial charge in [0.2, 0.25) is 11.8 Å². The van der Waals surface area contributed by atoms with Crippen molar-refractivity contribution in [2.24, 2.45) is 11.7 Å². The molecule has 2 fully saturated rings. The number of nitrogens with two attached hydrogens (primary N) is 1. The van der Waals surface area contributed by atoms with Crippen LogP contribution in [0.4, 0.5) is 0 Å². The number of nitrogens with one attached hydrogen (secondary N) is 1. The van der Waals surface area contributed by atoms with Crippen molar-refractivity contribution in [3.05, 3.63) is 0 Å². The van der Waals surface area contributed by atoms with Crippen LogP contribution in [0.1, 0.15) is 45.4 Å². The Labute approximate surface area is 114 Å². The van der Waals surface area contributed by atoms with Gasteiger partial charge in [0.05, 0.1) is 0 Å². The highest BCUT2D eigenvalue weighted by Crippen LogP contribution is 2.26. The molecule has 0 radical (unpaired) electrons. The van der Waals surface area contributed by atoms with Crippen molar-refractivity contribution in [2.45, 2.75) is 57.5 Å². The van der Waals surface area contributed by atoms with Crippen molar-refractivity contribution < 1.29 is 9.59 Å². The van der Waals surface area contributed by atoms with Gasteiger partial charge in [0, 0.05) is 38.0 Å². The van der Waals surface area contributed by atoms with Crippen LogP contribution in [-0.2, 0) is 9.59 Å². The Morgan fingerprint density at radius 1 is 1.32 bits per heavy atom. The van der Waals surface area contributed by atoms with Crippen LogP contribution in [-0.4, -0.2) is 41.9 Å². The van der Waals surface area contributed by atoms with Crippen LogP contribution in [0.15, 0.2) is 0 Å². The molecule has 1 aliphatic carbocycles. The van der Waals surface area contributed by atoms with Crippen molar-refractivity contribution >= 4 is 11.8 Å². The van der Waals surface area contributed by atoms with Crippen LogP contribution in [0.5, 0.6) is 0 Å². The number of hydrogen-bond donors (Lipinski definition) is 2. The molecule has 1 saturated heterocycles. The van der Waals surface area contributed by atoms with E-state index in [-0.39, 0.29) is 23.9 Å². The first-order chi connectivity index (χ1) is 9.10. The third kappa shape index (κ3) is 3.69. The molecular formula is C14H25N3O2. The summed E-state index contributed by atoms with van der Waals surface area (Å²) in [5, 5.41) is 3.05. The first-order valence-corrected chi connectivity index (χ1v) is 7.43. The summed E-state index contributed by atoms with van der Waals surface area (Å²) in [6.45, 7) is 3.30. The van der Waals surface area contributed by atoms with Crippen LogP contribution >= 0.6 is 0 Å². The Morgan fingerprint density at radius 3 is 2.74 bits per heavy atom. The fourth-order valence-electron chi connectivity index (χ4n) is 3.17. The average Bonchev–Trinajstić information content (AvgIpc) is 2.99. The smallest absolute Gasteiger partial charge is 0.222 e. The van der Waals surface area contributed by atoms with E-state index in [4.69, 9.17) is 5.73 Å². The van der Waals surface area contributed by atoms with Gasteiger partial charge in [-0.05, 0) is 25.2 Å². The summed E-state index contributed by atoms with van der Waals surface area (Å²) in [7, 11) is 0. The fourth-order valence-corrected chi connectivity index (χ4v) is 3.17. The second kappa shape index (κ2) is 6.37. The van der Waals surface area contributed by atoms with Crippen molar-refractivity contribution in [1.29, 1.82) is 0 Å². The average molecular weight is 267 g/mol. The predicted molar refractivity (Wildman–Crippen MR) is 73.4 cm³/mol. The Hall–Kier alpha value is -1.10. The van der Waals surface area contributed by atoms with E-state index in [1.165, 1.54) is 0 Å². The number of carbonyl (C=O) groups is 2. The molecule has 2 aliphatic rings. The number of amides is 2. The molecule has 2 rings (SSSR count). The molecule has 0 aromatic heterocycles. The van der Waals surface area contributed by atoms with Crippen molar-refractivity contribution in [3.63, 3.8) is 0 Å². The molecule has 108 valence electrons. The number of nitrogens with zero attached hydrogens (tertiary/aromatic N) is 1. The quantitative estimate of drug-likeness (QED) is 0.784. The second-order valence-corrected chi connectivity index (χ2v) is 5.81. The highest BCUT2D eigenvalue weighted by molar-refractivity contribution is 5.78. The summed E-state index contributed by atoms with van der Waals surface area (Å²) in [5.41, 5.74) is 5.98. The van der Waals surface area contributed by atoms with Gasteiger partial charge in [-0.25, -0.2) is 0 Å². The van der Waals surface area contributed by atoms with Gasteiger partial charge in [0.1, 0.15) is 0 Å². The largest absolute Gasteiger partial charge is 0.352 e. The summed E-state index contributed by atoms with van der Waals surface area (Å²) >= 11 is 0. The van der Waals surface area contributed by atoms with Gasteiger partial charge in [-0.1, -0.05) is 13.3 Å². The Bertz CT molecular complexity index is 346. The summed E-state index contributed by atoms with van der Waals surface area (Å²) in [5.74, 6) is 0.613. The van der Waals surface area contributed by atoms with Crippen LogP contribution in [0, 0.1) is 5.92 Å². The SMILES string of the molecule is CCC(=O)N1CCC(NC(=O)C[C@@H]2CCC[C@H]2N)C1. The van der Waals surface area contributed by atoms with E-state index in [2.05, 4.69) is 5.32 Å². The zero-order valence-electron chi connectivity index (χ0n) is 11.7. The number of carbonyl (C=O) groups excluding carboxylic acids is 2. The number of likely N-dealkylation sites (tertiary alicyclic amines) is 1. The lowest BCUT2D eigenvalue weighted by molar-refractivity contribution is -0.130. The molecule has 0 bridgehead atoms. The van der Waals surface area contributed by atoms with Gasteiger partial charge in [0.15, 0.2) is 0 Å². The van der Waals surface area contributed by atoms with Crippen LogP contribution in [0.3, 0.4) is 0 Å². The van der Waals surface area contributed by atoms with Crippen molar-refractivity contribution in [3.8, 4) is 0 Å². The summed E-state index contributed by atoms with van der Waals surface area (Å²) in [4.78, 5) is 25.4. The van der Waals surface area contributed by atoms with E-state index in [0.29, 0.717) is 25.3 Å². The fraction of sp³-hybridized carbons (Fsp3) is 0.857. The molecule has 5 nitrogen and oxygen atoms in total. The van der Waals surface area contributed by atoms with Crippen molar-refractivity contribution in [2.75, 3.05) is 13.1 Å². The monoisotopic (exact) mass is 267 g/mol. The van der Waals surface area contributed by atoms with E-state index < -0.39 is 0 Å². The minimum absolute atomic E-state index is 0.0955. The zero-order valence-corrected chi connectivity index (χ0v) is 11.7. The van der Waals surface area contributed by atoms with Gasteiger partial charge in [0.25, 0.3) is 0 Å². The molecule has 0 aromatic carbocycles. The highest BCUT2D eigenvalue weighted by Gasteiger charge is 2.29.